The molecule has 0 unspecified atom stereocenters. The van der Waals surface area contributed by atoms with Gasteiger partial charge >= 0.3 is 5.97 Å². The molecule has 0 aliphatic heterocycles. The number of para-hydroxylation sites is 1. The van der Waals surface area contributed by atoms with Crippen molar-refractivity contribution in [1.82, 2.24) is 9.78 Å². The molecule has 3 aromatic carbocycles. The topological polar surface area (TPSA) is 88.7 Å². The lowest BCUT2D eigenvalue weighted by molar-refractivity contribution is 0.0697. The van der Waals surface area contributed by atoms with Gasteiger partial charge in [-0.25, -0.2) is 9.48 Å². The van der Waals surface area contributed by atoms with E-state index in [9.17, 15) is 9.90 Å². The second-order valence-corrected chi connectivity index (χ2v) is 7.22. The molecule has 4 rings (SSSR count). The van der Waals surface area contributed by atoms with Crippen molar-refractivity contribution < 1.29 is 14.6 Å². The number of carboxylic acids is 1. The van der Waals surface area contributed by atoms with Gasteiger partial charge in [0.1, 0.15) is 11.4 Å². The summed E-state index contributed by atoms with van der Waals surface area (Å²) in [5, 5.41) is 18.4. The molecule has 0 bridgehead atoms. The average molecular weight is 447 g/mol. The van der Waals surface area contributed by atoms with Crippen molar-refractivity contribution in [2.24, 2.45) is 5.10 Å². The minimum Gasteiger partial charge on any atom is -0.497 e. The Morgan fingerprint density at radius 2 is 1.88 bits per heavy atom. The van der Waals surface area contributed by atoms with Gasteiger partial charge in [-0.05, 0) is 54.6 Å². The number of hydrogen-bond acceptors (Lipinski definition) is 5. The van der Waals surface area contributed by atoms with Gasteiger partial charge in [0.2, 0.25) is 0 Å². The number of aromatic nitrogens is 2. The van der Waals surface area contributed by atoms with Crippen LogP contribution in [0.3, 0.4) is 0 Å². The number of benzene rings is 3. The molecule has 0 aliphatic rings. The first-order valence-electron chi connectivity index (χ1n) is 9.66. The molecule has 0 radical (unpaired) electrons. The minimum absolute atomic E-state index is 0.00249. The summed E-state index contributed by atoms with van der Waals surface area (Å²) in [6.45, 7) is 0. The fraction of sp³-hybridized carbons (Fsp3) is 0.0417. The largest absolute Gasteiger partial charge is 0.497 e. The van der Waals surface area contributed by atoms with Gasteiger partial charge in [0.15, 0.2) is 0 Å². The third-order valence-electron chi connectivity index (χ3n) is 4.72. The number of rotatable bonds is 7. The van der Waals surface area contributed by atoms with E-state index < -0.39 is 5.97 Å². The highest BCUT2D eigenvalue weighted by Gasteiger charge is 2.12. The SMILES string of the molecule is COc1ccc(-c2nn(-c3ccccc3)cc2/C=N/Nc2ccc(Cl)c(C(=O)O)c2)cc1. The second-order valence-electron chi connectivity index (χ2n) is 6.81. The van der Waals surface area contributed by atoms with Gasteiger partial charge in [-0.3, -0.25) is 5.43 Å². The molecule has 8 heteroatoms. The third kappa shape index (κ3) is 4.63. The average Bonchev–Trinajstić information content (AvgIpc) is 3.25. The van der Waals surface area contributed by atoms with E-state index in [0.717, 1.165) is 28.3 Å². The van der Waals surface area contributed by atoms with Crippen LogP contribution < -0.4 is 10.2 Å². The predicted molar refractivity (Wildman–Crippen MR) is 125 cm³/mol. The van der Waals surface area contributed by atoms with E-state index in [2.05, 4.69) is 10.5 Å². The monoisotopic (exact) mass is 446 g/mol. The number of carboxylic acid groups (broad SMARTS) is 1. The lowest BCUT2D eigenvalue weighted by atomic mass is 10.1. The van der Waals surface area contributed by atoms with Crippen molar-refractivity contribution in [3.63, 3.8) is 0 Å². The van der Waals surface area contributed by atoms with E-state index >= 15 is 0 Å². The van der Waals surface area contributed by atoms with Crippen molar-refractivity contribution in [2.45, 2.75) is 0 Å². The quantitative estimate of drug-likeness (QED) is 0.295. The van der Waals surface area contributed by atoms with Gasteiger partial charge in [0.25, 0.3) is 0 Å². The van der Waals surface area contributed by atoms with E-state index in [4.69, 9.17) is 21.4 Å². The van der Waals surface area contributed by atoms with E-state index in [0.29, 0.717) is 5.69 Å². The van der Waals surface area contributed by atoms with Crippen LogP contribution in [-0.2, 0) is 0 Å². The Kier molecular flexibility index (Phi) is 6.19. The Hall–Kier alpha value is -4.10. The molecule has 0 saturated heterocycles. The summed E-state index contributed by atoms with van der Waals surface area (Å²) in [5.74, 6) is -0.348. The number of hydrogen-bond donors (Lipinski definition) is 2. The van der Waals surface area contributed by atoms with Gasteiger partial charge in [-0.2, -0.15) is 10.2 Å². The Labute approximate surface area is 189 Å². The van der Waals surface area contributed by atoms with Gasteiger partial charge in [0.05, 0.1) is 35.3 Å². The number of hydrazone groups is 1. The third-order valence-corrected chi connectivity index (χ3v) is 5.05. The molecule has 0 fully saturated rings. The van der Waals surface area contributed by atoms with Crippen LogP contribution in [0.15, 0.2) is 84.1 Å². The first-order valence-corrected chi connectivity index (χ1v) is 10.0. The highest BCUT2D eigenvalue weighted by atomic mass is 35.5. The summed E-state index contributed by atoms with van der Waals surface area (Å²) in [6.07, 6.45) is 3.52. The van der Waals surface area contributed by atoms with Gasteiger partial charge < -0.3 is 9.84 Å². The zero-order valence-electron chi connectivity index (χ0n) is 17.1. The van der Waals surface area contributed by atoms with Crippen LogP contribution in [0.2, 0.25) is 5.02 Å². The number of methoxy groups -OCH3 is 1. The first-order chi connectivity index (χ1) is 15.5. The van der Waals surface area contributed by atoms with Crippen LogP contribution in [0.1, 0.15) is 15.9 Å². The van der Waals surface area contributed by atoms with Gasteiger partial charge in [-0.15, -0.1) is 0 Å². The fourth-order valence-electron chi connectivity index (χ4n) is 3.10. The normalized spacial score (nSPS) is 10.9. The molecule has 0 aliphatic carbocycles. The number of anilines is 1. The van der Waals surface area contributed by atoms with E-state index in [1.54, 1.807) is 24.1 Å². The Morgan fingerprint density at radius 1 is 1.12 bits per heavy atom. The molecule has 4 aromatic rings. The molecule has 1 heterocycles. The van der Waals surface area contributed by atoms with Crippen molar-refractivity contribution in [1.29, 1.82) is 0 Å². The molecule has 7 nitrogen and oxygen atoms in total. The van der Waals surface area contributed by atoms with Crippen molar-refractivity contribution in [3.05, 3.63) is 95.1 Å². The molecular formula is C24H19ClN4O3. The van der Waals surface area contributed by atoms with Crippen molar-refractivity contribution in [2.75, 3.05) is 12.5 Å². The maximum atomic E-state index is 11.3. The fourth-order valence-corrected chi connectivity index (χ4v) is 3.30. The Morgan fingerprint density at radius 3 is 2.56 bits per heavy atom. The Balaban J connectivity index is 1.66. The molecule has 0 amide bonds. The number of ether oxygens (including phenoxy) is 1. The zero-order valence-corrected chi connectivity index (χ0v) is 17.8. The highest BCUT2D eigenvalue weighted by Crippen LogP contribution is 2.25. The maximum Gasteiger partial charge on any atom is 0.337 e. The first kappa shape index (κ1) is 21.1. The summed E-state index contributed by atoms with van der Waals surface area (Å²) in [4.78, 5) is 11.3. The van der Waals surface area contributed by atoms with Crippen molar-refractivity contribution >= 4 is 29.5 Å². The standard InChI is InChI=1S/C24H19ClN4O3/c1-32-20-10-7-16(8-11-20)23-17(15-29(28-23)19-5-3-2-4-6-19)14-26-27-18-9-12-22(25)21(13-18)24(30)31/h2-15,27H,1H3,(H,30,31)/b26-14+. The van der Waals surface area contributed by atoms with Gasteiger partial charge in [-0.1, -0.05) is 29.8 Å². The number of aromatic carboxylic acids is 1. The van der Waals surface area contributed by atoms with Crippen LogP contribution in [-0.4, -0.2) is 34.2 Å². The lowest BCUT2D eigenvalue weighted by Gasteiger charge is -2.04. The maximum absolute atomic E-state index is 11.3. The summed E-state index contributed by atoms with van der Waals surface area (Å²) >= 11 is 5.93. The van der Waals surface area contributed by atoms with E-state index in [1.165, 1.54) is 12.1 Å². The second kappa shape index (κ2) is 9.36. The molecule has 1 aromatic heterocycles. The van der Waals surface area contributed by atoms with E-state index in [-0.39, 0.29) is 10.6 Å². The smallest absolute Gasteiger partial charge is 0.337 e. The minimum atomic E-state index is -1.10. The molecule has 0 spiro atoms. The number of nitrogens with one attached hydrogen (secondary N) is 1. The molecule has 160 valence electrons. The summed E-state index contributed by atoms with van der Waals surface area (Å²) in [7, 11) is 1.62. The Bertz CT molecular complexity index is 1270. The number of halogens is 1. The molecule has 0 atom stereocenters. The highest BCUT2D eigenvalue weighted by molar-refractivity contribution is 6.33. The summed E-state index contributed by atoms with van der Waals surface area (Å²) in [5.41, 5.74) is 6.70. The van der Waals surface area contributed by atoms with Crippen LogP contribution in [0.25, 0.3) is 16.9 Å². The molecular weight excluding hydrogens is 428 g/mol. The van der Waals surface area contributed by atoms with Crippen LogP contribution >= 0.6 is 11.6 Å². The zero-order chi connectivity index (χ0) is 22.5. The number of nitrogens with zero attached hydrogens (tertiary/aromatic N) is 3. The van der Waals surface area contributed by atoms with Crippen LogP contribution in [0, 0.1) is 0 Å². The number of carbonyl (C=O) groups is 1. The molecule has 32 heavy (non-hydrogen) atoms. The van der Waals surface area contributed by atoms with Crippen LogP contribution in [0.4, 0.5) is 5.69 Å². The van der Waals surface area contributed by atoms with Crippen LogP contribution in [0.5, 0.6) is 5.75 Å². The van der Waals surface area contributed by atoms with E-state index in [1.807, 2.05) is 60.8 Å². The van der Waals surface area contributed by atoms with Crippen molar-refractivity contribution in [3.8, 4) is 22.7 Å². The predicted octanol–water partition coefficient (Wildman–Crippen LogP) is 5.35. The summed E-state index contributed by atoms with van der Waals surface area (Å²) < 4.78 is 7.03. The molecule has 0 saturated carbocycles. The van der Waals surface area contributed by atoms with Gasteiger partial charge in [0, 0.05) is 17.3 Å². The lowest BCUT2D eigenvalue weighted by Crippen LogP contribution is -1.99. The molecule has 2 N–H and O–H groups in total. The summed E-state index contributed by atoms with van der Waals surface area (Å²) in [6, 6.07) is 22.0.